The molecule has 0 aliphatic rings. The van der Waals surface area contributed by atoms with E-state index in [0.717, 1.165) is 4.88 Å². The smallest absolute Gasteiger partial charge is 0.306 e. The summed E-state index contributed by atoms with van der Waals surface area (Å²) in [6.45, 7) is 1.71. The van der Waals surface area contributed by atoms with Crippen LogP contribution in [0.5, 0.6) is 5.75 Å². The van der Waals surface area contributed by atoms with Crippen LogP contribution in [0.3, 0.4) is 0 Å². The molecule has 0 bridgehead atoms. The Labute approximate surface area is 138 Å². The zero-order chi connectivity index (χ0) is 16.9. The van der Waals surface area contributed by atoms with Gasteiger partial charge in [-0.05, 0) is 36.1 Å². The highest BCUT2D eigenvalue weighted by molar-refractivity contribution is 7.10. The van der Waals surface area contributed by atoms with Crippen molar-refractivity contribution in [1.29, 1.82) is 0 Å². The van der Waals surface area contributed by atoms with Gasteiger partial charge in [-0.15, -0.1) is 11.3 Å². The second-order valence-electron chi connectivity index (χ2n) is 5.44. The van der Waals surface area contributed by atoms with Gasteiger partial charge in [-0.1, -0.05) is 18.2 Å². The minimum Gasteiger partial charge on any atom is -0.497 e. The zero-order valence-corrected chi connectivity index (χ0v) is 13.9. The molecule has 0 aliphatic carbocycles. The van der Waals surface area contributed by atoms with Gasteiger partial charge in [0.05, 0.1) is 25.5 Å². The molecule has 1 unspecified atom stereocenters. The van der Waals surface area contributed by atoms with Gasteiger partial charge in [0.15, 0.2) is 0 Å². The number of carboxylic acids is 1. The second kappa shape index (κ2) is 7.28. The summed E-state index contributed by atoms with van der Waals surface area (Å²) >= 11 is 1.50. The molecule has 1 amide bonds. The van der Waals surface area contributed by atoms with Gasteiger partial charge in [-0.3, -0.25) is 9.59 Å². The molecule has 0 fully saturated rings. The number of carboxylic acid groups (broad SMARTS) is 1. The highest BCUT2D eigenvalue weighted by Crippen LogP contribution is 2.28. The molecule has 1 heterocycles. The van der Waals surface area contributed by atoms with Crippen LogP contribution in [0.25, 0.3) is 0 Å². The van der Waals surface area contributed by atoms with Crippen molar-refractivity contribution in [2.24, 2.45) is 0 Å². The Bertz CT molecular complexity index is 684. The van der Waals surface area contributed by atoms with Crippen LogP contribution in [0, 0.1) is 0 Å². The number of methoxy groups -OCH3 is 1. The molecule has 122 valence electrons. The quantitative estimate of drug-likeness (QED) is 0.817. The van der Waals surface area contributed by atoms with Crippen LogP contribution in [-0.2, 0) is 21.5 Å². The normalized spacial score (nSPS) is 13.1. The first-order chi connectivity index (χ1) is 10.9. The maximum absolute atomic E-state index is 12.3. The molecule has 0 aliphatic heterocycles. The zero-order valence-electron chi connectivity index (χ0n) is 13.0. The maximum Gasteiger partial charge on any atom is 0.306 e. The average Bonchev–Trinajstić information content (AvgIpc) is 2.99. The Morgan fingerprint density at radius 3 is 2.70 bits per heavy atom. The number of nitrogens with one attached hydrogen (secondary N) is 1. The van der Waals surface area contributed by atoms with E-state index in [4.69, 9.17) is 4.74 Å². The number of rotatable bonds is 7. The van der Waals surface area contributed by atoms with Crippen molar-refractivity contribution >= 4 is 23.2 Å². The summed E-state index contributed by atoms with van der Waals surface area (Å²) in [4.78, 5) is 24.5. The van der Waals surface area contributed by atoms with Gasteiger partial charge >= 0.3 is 5.97 Å². The van der Waals surface area contributed by atoms with E-state index in [1.165, 1.54) is 11.3 Å². The van der Waals surface area contributed by atoms with Gasteiger partial charge < -0.3 is 15.2 Å². The lowest BCUT2D eigenvalue weighted by Crippen LogP contribution is -2.45. The first-order valence-electron chi connectivity index (χ1n) is 7.12. The lowest BCUT2D eigenvalue weighted by molar-refractivity contribution is -0.139. The summed E-state index contributed by atoms with van der Waals surface area (Å²) in [5, 5.41) is 14.0. The van der Waals surface area contributed by atoms with Crippen molar-refractivity contribution in [2.75, 3.05) is 7.11 Å². The molecular formula is C17H19NO4S. The molecule has 0 spiro atoms. The third-order valence-electron chi connectivity index (χ3n) is 3.54. The van der Waals surface area contributed by atoms with Gasteiger partial charge in [0, 0.05) is 4.88 Å². The monoisotopic (exact) mass is 333 g/mol. The predicted octanol–water partition coefficient (Wildman–Crippen LogP) is 2.81. The Morgan fingerprint density at radius 2 is 2.09 bits per heavy atom. The Balaban J connectivity index is 2.23. The SMILES string of the molecule is COc1cccc(C(C)(CC(=O)O)NC(=O)Cc2cccs2)c1. The van der Waals surface area contributed by atoms with E-state index in [1.807, 2.05) is 17.5 Å². The molecule has 1 aromatic heterocycles. The van der Waals surface area contributed by atoms with E-state index < -0.39 is 11.5 Å². The maximum atomic E-state index is 12.3. The Hall–Kier alpha value is -2.34. The number of thiophene rings is 1. The summed E-state index contributed by atoms with van der Waals surface area (Å²) < 4.78 is 5.19. The van der Waals surface area contributed by atoms with Crippen LogP contribution < -0.4 is 10.1 Å². The topological polar surface area (TPSA) is 75.6 Å². The number of amides is 1. The number of hydrogen-bond acceptors (Lipinski definition) is 4. The molecule has 2 N–H and O–H groups in total. The van der Waals surface area contributed by atoms with Gasteiger partial charge in [-0.25, -0.2) is 0 Å². The van der Waals surface area contributed by atoms with Crippen LogP contribution in [0.2, 0.25) is 0 Å². The van der Waals surface area contributed by atoms with E-state index in [0.29, 0.717) is 11.3 Å². The fourth-order valence-electron chi connectivity index (χ4n) is 2.41. The van der Waals surface area contributed by atoms with Gasteiger partial charge in [-0.2, -0.15) is 0 Å². The van der Waals surface area contributed by atoms with E-state index in [1.54, 1.807) is 38.3 Å². The second-order valence-corrected chi connectivity index (χ2v) is 6.47. The van der Waals surface area contributed by atoms with Crippen molar-refractivity contribution in [3.8, 4) is 5.75 Å². The molecular weight excluding hydrogens is 314 g/mol. The summed E-state index contributed by atoms with van der Waals surface area (Å²) in [5.74, 6) is -0.572. The van der Waals surface area contributed by atoms with Crippen molar-refractivity contribution in [1.82, 2.24) is 5.32 Å². The molecule has 1 aromatic carbocycles. The number of hydrogen-bond donors (Lipinski definition) is 2. The first-order valence-corrected chi connectivity index (χ1v) is 8.00. The van der Waals surface area contributed by atoms with Crippen LogP contribution in [0.1, 0.15) is 23.8 Å². The van der Waals surface area contributed by atoms with Crippen molar-refractivity contribution in [2.45, 2.75) is 25.3 Å². The first kappa shape index (κ1) is 17.0. The van der Waals surface area contributed by atoms with Gasteiger partial charge in [0.1, 0.15) is 5.75 Å². The van der Waals surface area contributed by atoms with Crippen LogP contribution in [0.4, 0.5) is 0 Å². The molecule has 6 heteroatoms. The molecule has 5 nitrogen and oxygen atoms in total. The fraction of sp³-hybridized carbons (Fsp3) is 0.294. The lowest BCUT2D eigenvalue weighted by Gasteiger charge is -2.30. The minimum absolute atomic E-state index is 0.209. The highest BCUT2D eigenvalue weighted by atomic mass is 32.1. The molecule has 1 atom stereocenters. The van der Waals surface area contributed by atoms with E-state index >= 15 is 0 Å². The van der Waals surface area contributed by atoms with Crippen LogP contribution in [0.15, 0.2) is 41.8 Å². The highest BCUT2D eigenvalue weighted by Gasteiger charge is 2.31. The van der Waals surface area contributed by atoms with E-state index in [2.05, 4.69) is 5.32 Å². The molecule has 0 saturated carbocycles. The summed E-state index contributed by atoms with van der Waals surface area (Å²) in [5.41, 5.74) is -0.312. The van der Waals surface area contributed by atoms with Crippen molar-refractivity contribution in [3.05, 3.63) is 52.2 Å². The van der Waals surface area contributed by atoms with Crippen molar-refractivity contribution in [3.63, 3.8) is 0 Å². The number of carbonyl (C=O) groups excluding carboxylic acids is 1. The molecule has 23 heavy (non-hydrogen) atoms. The average molecular weight is 333 g/mol. The number of aliphatic carboxylic acids is 1. The molecule has 2 aromatic rings. The number of ether oxygens (including phenoxy) is 1. The Kier molecular flexibility index (Phi) is 5.39. The van der Waals surface area contributed by atoms with Crippen molar-refractivity contribution < 1.29 is 19.4 Å². The summed E-state index contributed by atoms with van der Waals surface area (Å²) in [7, 11) is 1.54. The molecule has 0 radical (unpaired) electrons. The number of carbonyl (C=O) groups is 2. The Morgan fingerprint density at radius 1 is 1.30 bits per heavy atom. The number of benzene rings is 1. The third-order valence-corrected chi connectivity index (χ3v) is 4.42. The standard InChI is InChI=1S/C17H19NO4S/c1-17(11-16(20)21,12-5-3-6-13(9-12)22-2)18-15(19)10-14-7-4-8-23-14/h3-9H,10-11H2,1-2H3,(H,18,19)(H,20,21). The van der Waals surface area contributed by atoms with E-state index in [9.17, 15) is 14.7 Å². The third kappa shape index (κ3) is 4.56. The lowest BCUT2D eigenvalue weighted by atomic mass is 9.88. The van der Waals surface area contributed by atoms with E-state index in [-0.39, 0.29) is 18.7 Å². The van der Waals surface area contributed by atoms with Gasteiger partial charge in [0.25, 0.3) is 0 Å². The largest absolute Gasteiger partial charge is 0.497 e. The van der Waals surface area contributed by atoms with Gasteiger partial charge in [0.2, 0.25) is 5.91 Å². The minimum atomic E-state index is -1.01. The van der Waals surface area contributed by atoms with Crippen LogP contribution >= 0.6 is 11.3 Å². The van der Waals surface area contributed by atoms with Crippen LogP contribution in [-0.4, -0.2) is 24.1 Å². The predicted molar refractivity (Wildman–Crippen MR) is 88.8 cm³/mol. The fourth-order valence-corrected chi connectivity index (χ4v) is 3.11. The summed E-state index contributed by atoms with van der Waals surface area (Å²) in [6.07, 6.45) is 0.0210. The molecule has 2 rings (SSSR count). The molecule has 0 saturated heterocycles. The summed E-state index contributed by atoms with van der Waals surface area (Å²) in [6, 6.07) is 10.8.